The van der Waals surface area contributed by atoms with Crippen molar-refractivity contribution >= 4 is 27.8 Å². The van der Waals surface area contributed by atoms with Crippen LogP contribution in [0.15, 0.2) is 224 Å². The zero-order valence-electron chi connectivity index (χ0n) is 33.0. The first-order valence-electron chi connectivity index (χ1n) is 19.8. The molecule has 0 amide bonds. The molecular formula is C52H37N. The Bertz CT molecular complexity index is 2800. The molecule has 0 saturated carbocycles. The maximum atomic E-state index is 9.70. The van der Waals surface area contributed by atoms with Gasteiger partial charge < -0.3 is 4.90 Å². The van der Waals surface area contributed by atoms with Crippen LogP contribution in [0, 0.1) is 0 Å². The lowest BCUT2D eigenvalue weighted by molar-refractivity contribution is 1.28. The lowest BCUT2D eigenvalue weighted by atomic mass is 9.93. The smallest absolute Gasteiger partial charge is 0.0651 e. The molecule has 0 aromatic heterocycles. The molecule has 0 fully saturated rings. The average molecular weight is 680 g/mol. The van der Waals surface area contributed by atoms with Crippen molar-refractivity contribution in [2.45, 2.75) is 0 Å². The largest absolute Gasteiger partial charge is 0.310 e. The van der Waals surface area contributed by atoms with E-state index in [4.69, 9.17) is 2.74 Å². The van der Waals surface area contributed by atoms with E-state index in [0.29, 0.717) is 11.1 Å². The fourth-order valence-electron chi connectivity index (χ4n) is 6.97. The molecule has 1 heteroatoms. The quantitative estimate of drug-likeness (QED) is 0.154. The van der Waals surface area contributed by atoms with Crippen molar-refractivity contribution in [1.29, 1.82) is 0 Å². The maximum absolute atomic E-state index is 9.70. The highest BCUT2D eigenvalue weighted by atomic mass is 15.1. The van der Waals surface area contributed by atoms with Crippen LogP contribution in [-0.2, 0) is 0 Å². The van der Waals surface area contributed by atoms with Gasteiger partial charge in [-0.3, -0.25) is 0 Å². The lowest BCUT2D eigenvalue weighted by Crippen LogP contribution is -2.10. The van der Waals surface area contributed by atoms with Crippen molar-refractivity contribution in [2.75, 3.05) is 4.90 Å². The number of anilines is 3. The van der Waals surface area contributed by atoms with Crippen molar-refractivity contribution in [1.82, 2.24) is 0 Å². The Balaban J connectivity index is 1.20. The van der Waals surface area contributed by atoms with Crippen LogP contribution in [0.25, 0.3) is 66.4 Å². The summed E-state index contributed by atoms with van der Waals surface area (Å²) in [5.74, 6) is 0. The molecule has 250 valence electrons. The van der Waals surface area contributed by atoms with Gasteiger partial charge in [-0.15, -0.1) is 0 Å². The third-order valence-electron chi connectivity index (χ3n) is 9.71. The number of fused-ring (bicyclic) bond motifs is 1. The molecule has 9 aromatic carbocycles. The molecule has 0 bridgehead atoms. The Hall–Kier alpha value is -6.96. The summed E-state index contributed by atoms with van der Waals surface area (Å²) in [6.45, 7) is 0. The number of benzene rings is 9. The van der Waals surface area contributed by atoms with Gasteiger partial charge in [0.1, 0.15) is 0 Å². The standard InChI is InChI=1S/C52H37N/c1-4-13-38(14-5-1)42-25-29-50(30-26-42)53(52-22-12-21-45(37-52)46-24-23-41-19-10-11-20-44(41)33-46)51-31-27-43(28-32-51)49-35-47(39-15-6-2-7-16-39)34-48(36-49)40-17-8-3-9-18-40/h1-37H/i12D,21D,22D,37D. The zero-order chi connectivity index (χ0) is 38.9. The van der Waals surface area contributed by atoms with Gasteiger partial charge in [0, 0.05) is 17.1 Å². The third kappa shape index (κ3) is 6.77. The van der Waals surface area contributed by atoms with Gasteiger partial charge in [-0.05, 0) is 127 Å². The SMILES string of the molecule is [2H]c1c([2H])c(-c2ccc3ccccc3c2)c([2H])c(N(c2ccc(-c3ccccc3)cc2)c2ccc(-c3cc(-c4ccccc4)cc(-c4ccccc4)c3)cc2)c1[2H]. The highest BCUT2D eigenvalue weighted by Gasteiger charge is 2.15. The molecule has 53 heavy (non-hydrogen) atoms. The molecule has 9 aromatic rings. The fraction of sp³-hybridized carbons (Fsp3) is 0. The molecule has 0 aliphatic carbocycles. The molecule has 0 unspecified atom stereocenters. The molecule has 0 aliphatic heterocycles. The van der Waals surface area contributed by atoms with Crippen LogP contribution in [0.3, 0.4) is 0 Å². The third-order valence-corrected chi connectivity index (χ3v) is 9.71. The minimum atomic E-state index is -0.224. The Morgan fingerprint density at radius 3 is 1.23 bits per heavy atom. The van der Waals surface area contributed by atoms with E-state index in [1.165, 1.54) is 0 Å². The van der Waals surface area contributed by atoms with E-state index < -0.39 is 0 Å². The van der Waals surface area contributed by atoms with Crippen LogP contribution in [-0.4, -0.2) is 0 Å². The highest BCUT2D eigenvalue weighted by molar-refractivity contribution is 5.89. The second-order valence-electron chi connectivity index (χ2n) is 13.1. The van der Waals surface area contributed by atoms with Crippen LogP contribution >= 0.6 is 0 Å². The molecule has 0 atom stereocenters. The normalized spacial score (nSPS) is 12.1. The average Bonchev–Trinajstić information content (AvgIpc) is 3.28. The number of nitrogens with zero attached hydrogens (tertiary/aromatic N) is 1. The van der Waals surface area contributed by atoms with Crippen molar-refractivity contribution in [2.24, 2.45) is 0 Å². The molecule has 0 spiro atoms. The molecule has 0 N–H and O–H groups in total. The van der Waals surface area contributed by atoms with Crippen molar-refractivity contribution in [3.8, 4) is 55.6 Å². The van der Waals surface area contributed by atoms with Gasteiger partial charge in [-0.25, -0.2) is 0 Å². The summed E-state index contributed by atoms with van der Waals surface area (Å²) < 4.78 is 37.1. The van der Waals surface area contributed by atoms with Gasteiger partial charge in [-0.2, -0.15) is 0 Å². The second kappa shape index (κ2) is 14.3. The van der Waals surface area contributed by atoms with Gasteiger partial charge in [0.25, 0.3) is 0 Å². The Labute approximate surface area is 317 Å². The number of rotatable bonds is 8. The molecule has 1 nitrogen and oxygen atoms in total. The zero-order valence-corrected chi connectivity index (χ0v) is 29.0. The predicted octanol–water partition coefficient (Wildman–Crippen LogP) is 14.6. The van der Waals surface area contributed by atoms with Crippen molar-refractivity contribution in [3.63, 3.8) is 0 Å². The van der Waals surface area contributed by atoms with Crippen LogP contribution in [0.1, 0.15) is 5.48 Å². The minimum Gasteiger partial charge on any atom is -0.310 e. The van der Waals surface area contributed by atoms with E-state index in [2.05, 4.69) is 91.0 Å². The van der Waals surface area contributed by atoms with Crippen molar-refractivity contribution in [3.05, 3.63) is 224 Å². The van der Waals surface area contributed by atoms with Gasteiger partial charge in [0.05, 0.1) is 5.48 Å². The van der Waals surface area contributed by atoms with E-state index in [1.807, 2.05) is 114 Å². The van der Waals surface area contributed by atoms with E-state index in [1.54, 1.807) is 0 Å². The Morgan fingerprint density at radius 1 is 0.283 bits per heavy atom. The predicted molar refractivity (Wildman–Crippen MR) is 226 cm³/mol. The Morgan fingerprint density at radius 2 is 0.698 bits per heavy atom. The minimum absolute atomic E-state index is 0.0237. The van der Waals surface area contributed by atoms with Gasteiger partial charge >= 0.3 is 0 Å². The highest BCUT2D eigenvalue weighted by Crippen LogP contribution is 2.40. The summed E-state index contributed by atoms with van der Waals surface area (Å²) in [4.78, 5) is 1.89. The van der Waals surface area contributed by atoms with Crippen LogP contribution in [0.5, 0.6) is 0 Å². The molecular weight excluding hydrogens is 639 g/mol. The summed E-state index contributed by atoms with van der Waals surface area (Å²) in [6.07, 6.45) is 0. The summed E-state index contributed by atoms with van der Waals surface area (Å²) in [5.41, 5.74) is 11.4. The molecule has 0 heterocycles. The van der Waals surface area contributed by atoms with E-state index in [-0.39, 0.29) is 29.9 Å². The first kappa shape index (κ1) is 27.7. The second-order valence-corrected chi connectivity index (χ2v) is 13.1. The topological polar surface area (TPSA) is 3.24 Å². The summed E-state index contributed by atoms with van der Waals surface area (Å²) in [5, 5.41) is 2.03. The van der Waals surface area contributed by atoms with Crippen LogP contribution < -0.4 is 4.90 Å². The van der Waals surface area contributed by atoms with Crippen molar-refractivity contribution < 1.29 is 5.48 Å². The van der Waals surface area contributed by atoms with Crippen LogP contribution in [0.4, 0.5) is 17.1 Å². The molecule has 0 saturated heterocycles. The molecule has 0 radical (unpaired) electrons. The van der Waals surface area contributed by atoms with Gasteiger partial charge in [-0.1, -0.05) is 164 Å². The number of hydrogen-bond donors (Lipinski definition) is 0. The lowest BCUT2D eigenvalue weighted by Gasteiger charge is -2.26. The number of hydrogen-bond acceptors (Lipinski definition) is 1. The Kier molecular flexibility index (Phi) is 7.50. The summed E-state index contributed by atoms with van der Waals surface area (Å²) in [6, 6.07) is 67.3. The van der Waals surface area contributed by atoms with Gasteiger partial charge in [0.15, 0.2) is 0 Å². The summed E-state index contributed by atoms with van der Waals surface area (Å²) in [7, 11) is 0. The monoisotopic (exact) mass is 679 g/mol. The first-order chi connectivity index (χ1) is 27.9. The molecule has 0 aliphatic rings. The van der Waals surface area contributed by atoms with Crippen LogP contribution in [0.2, 0.25) is 0 Å². The molecule has 9 rings (SSSR count). The van der Waals surface area contributed by atoms with Gasteiger partial charge in [0.2, 0.25) is 0 Å². The summed E-state index contributed by atoms with van der Waals surface area (Å²) >= 11 is 0. The fourth-order valence-corrected chi connectivity index (χ4v) is 6.97. The maximum Gasteiger partial charge on any atom is 0.0651 e. The van der Waals surface area contributed by atoms with E-state index >= 15 is 0 Å². The van der Waals surface area contributed by atoms with E-state index in [0.717, 1.165) is 66.7 Å². The first-order valence-corrected chi connectivity index (χ1v) is 17.8. The van der Waals surface area contributed by atoms with E-state index in [9.17, 15) is 2.74 Å².